The van der Waals surface area contributed by atoms with Gasteiger partial charge in [-0.25, -0.2) is 9.97 Å². The molecular weight excluding hydrogens is 420 g/mol. The van der Waals surface area contributed by atoms with E-state index in [2.05, 4.69) is 15.3 Å². The zero-order valence-corrected chi connectivity index (χ0v) is 18.4. The molecule has 1 aliphatic rings. The fourth-order valence-corrected chi connectivity index (χ4v) is 5.51. The second-order valence-corrected chi connectivity index (χ2v) is 8.95. The van der Waals surface area contributed by atoms with Gasteiger partial charge in [-0.3, -0.25) is 4.79 Å². The second kappa shape index (κ2) is 9.53. The Labute approximate surface area is 183 Å². The third-order valence-corrected chi connectivity index (χ3v) is 6.94. The first-order valence-electron chi connectivity index (χ1n) is 9.89. The summed E-state index contributed by atoms with van der Waals surface area (Å²) in [5, 5.41) is 4.39. The van der Waals surface area contributed by atoms with Crippen LogP contribution in [0.2, 0.25) is 0 Å². The lowest BCUT2D eigenvalue weighted by Crippen LogP contribution is -2.29. The Hall–Kier alpha value is -2.52. The van der Waals surface area contributed by atoms with E-state index in [0.717, 1.165) is 23.1 Å². The van der Waals surface area contributed by atoms with Crippen molar-refractivity contribution in [1.82, 2.24) is 15.3 Å². The zero-order valence-electron chi connectivity index (χ0n) is 16.8. The number of anilines is 1. The van der Waals surface area contributed by atoms with Crippen LogP contribution < -0.4 is 20.5 Å². The molecule has 0 saturated heterocycles. The maximum Gasteiger partial charge on any atom is 0.230 e. The van der Waals surface area contributed by atoms with Crippen molar-refractivity contribution >= 4 is 45.0 Å². The molecule has 1 amide bonds. The van der Waals surface area contributed by atoms with Gasteiger partial charge in [0.2, 0.25) is 5.91 Å². The molecule has 158 valence electrons. The topological polar surface area (TPSA) is 99.4 Å². The highest BCUT2D eigenvalue weighted by Crippen LogP contribution is 2.38. The fraction of sp³-hybridized carbons (Fsp3) is 0.381. The number of aromatic nitrogens is 2. The summed E-state index contributed by atoms with van der Waals surface area (Å²) in [6.07, 6.45) is 4.55. The Bertz CT molecular complexity index is 1050. The van der Waals surface area contributed by atoms with E-state index in [1.807, 2.05) is 24.3 Å². The minimum atomic E-state index is -0.101. The summed E-state index contributed by atoms with van der Waals surface area (Å²) in [7, 11) is 1.60. The molecule has 3 N–H and O–H groups in total. The van der Waals surface area contributed by atoms with E-state index < -0.39 is 0 Å². The van der Waals surface area contributed by atoms with Crippen LogP contribution in [0.4, 0.5) is 5.82 Å². The lowest BCUT2D eigenvalue weighted by atomic mass is 9.97. The minimum absolute atomic E-state index is 0.101. The molecule has 0 atom stereocenters. The molecule has 7 nitrogen and oxygen atoms in total. The number of hydrogen-bond donors (Lipinski definition) is 2. The number of thioether (sulfide) groups is 1. The number of carbonyl (C=O) groups excluding carboxylic acids is 1. The molecule has 0 radical (unpaired) electrons. The van der Waals surface area contributed by atoms with Crippen LogP contribution in [0.5, 0.6) is 11.5 Å². The van der Waals surface area contributed by atoms with E-state index in [0.29, 0.717) is 35.6 Å². The van der Waals surface area contributed by atoms with Gasteiger partial charge in [0.05, 0.1) is 24.8 Å². The van der Waals surface area contributed by atoms with Crippen molar-refractivity contribution in [2.24, 2.45) is 0 Å². The van der Waals surface area contributed by atoms with Crippen molar-refractivity contribution in [2.75, 3.05) is 31.7 Å². The van der Waals surface area contributed by atoms with Crippen LogP contribution in [0.3, 0.4) is 0 Å². The summed E-state index contributed by atoms with van der Waals surface area (Å²) < 4.78 is 10.9. The number of nitrogens with two attached hydrogens (primary N) is 1. The van der Waals surface area contributed by atoms with Crippen molar-refractivity contribution in [3.63, 3.8) is 0 Å². The number of amides is 1. The van der Waals surface area contributed by atoms with Gasteiger partial charge in [-0.15, -0.1) is 11.3 Å². The summed E-state index contributed by atoms with van der Waals surface area (Å²) in [6.45, 7) is 0.754. The van der Waals surface area contributed by atoms with Crippen LogP contribution in [0.15, 0.2) is 29.4 Å². The quantitative estimate of drug-likeness (QED) is 0.312. The molecule has 0 aliphatic heterocycles. The molecule has 3 aromatic rings. The number of thiophene rings is 1. The molecular formula is C21H24N4O3S2. The summed E-state index contributed by atoms with van der Waals surface area (Å²) >= 11 is 3.00. The average Bonchev–Trinajstić information content (AvgIpc) is 3.14. The Morgan fingerprint density at radius 3 is 2.87 bits per heavy atom. The molecule has 9 heteroatoms. The lowest BCUT2D eigenvalue weighted by molar-refractivity contribution is -0.118. The number of nitrogens with one attached hydrogen (secondary N) is 1. The minimum Gasteiger partial charge on any atom is -0.493 e. The summed E-state index contributed by atoms with van der Waals surface area (Å²) in [5.41, 5.74) is 7.55. The van der Waals surface area contributed by atoms with Gasteiger partial charge in [0.1, 0.15) is 17.3 Å². The molecule has 0 fully saturated rings. The van der Waals surface area contributed by atoms with Crippen LogP contribution >= 0.6 is 23.1 Å². The number of nitrogen functional groups attached to an aromatic ring is 1. The van der Waals surface area contributed by atoms with Crippen molar-refractivity contribution in [1.29, 1.82) is 0 Å². The monoisotopic (exact) mass is 444 g/mol. The zero-order chi connectivity index (χ0) is 20.9. The van der Waals surface area contributed by atoms with E-state index in [1.54, 1.807) is 18.4 Å². The number of benzene rings is 1. The Kier molecular flexibility index (Phi) is 6.59. The Balaban J connectivity index is 1.28. The molecule has 2 aromatic heterocycles. The average molecular weight is 445 g/mol. The van der Waals surface area contributed by atoms with E-state index in [9.17, 15) is 4.79 Å². The van der Waals surface area contributed by atoms with Crippen molar-refractivity contribution < 1.29 is 14.3 Å². The molecule has 0 saturated carbocycles. The third kappa shape index (κ3) is 4.62. The van der Waals surface area contributed by atoms with Crippen molar-refractivity contribution in [3.8, 4) is 11.5 Å². The lowest BCUT2D eigenvalue weighted by Gasteiger charge is -2.11. The van der Waals surface area contributed by atoms with E-state index >= 15 is 0 Å². The summed E-state index contributed by atoms with van der Waals surface area (Å²) in [6, 6.07) is 7.41. The molecule has 1 aliphatic carbocycles. The van der Waals surface area contributed by atoms with Gasteiger partial charge < -0.3 is 20.5 Å². The number of nitrogens with zero attached hydrogens (tertiary/aromatic N) is 2. The van der Waals surface area contributed by atoms with Gasteiger partial charge >= 0.3 is 0 Å². The maximum absolute atomic E-state index is 12.2. The molecule has 4 rings (SSSR count). The molecule has 0 spiro atoms. The second-order valence-electron chi connectivity index (χ2n) is 6.92. The predicted molar refractivity (Wildman–Crippen MR) is 121 cm³/mol. The van der Waals surface area contributed by atoms with Crippen LogP contribution in [0.25, 0.3) is 10.2 Å². The van der Waals surface area contributed by atoms with E-state index in [4.69, 9.17) is 15.2 Å². The number of rotatable bonds is 8. The summed E-state index contributed by atoms with van der Waals surface area (Å²) in [4.78, 5) is 23.5. The van der Waals surface area contributed by atoms with Crippen LogP contribution in [-0.4, -0.2) is 41.9 Å². The highest BCUT2D eigenvalue weighted by Gasteiger charge is 2.20. The van der Waals surface area contributed by atoms with Crippen LogP contribution in [0.1, 0.15) is 23.3 Å². The first-order valence-corrected chi connectivity index (χ1v) is 11.7. The van der Waals surface area contributed by atoms with Gasteiger partial charge in [-0.2, -0.15) is 0 Å². The number of methoxy groups -OCH3 is 1. The van der Waals surface area contributed by atoms with Crippen LogP contribution in [-0.2, 0) is 17.6 Å². The number of hydrogen-bond acceptors (Lipinski definition) is 8. The standard InChI is InChI=1S/C21H24N4O3S2/c1-27-14-7-3-4-8-15(14)28-11-10-23-17(26)12-29-21-24-19(22)18-13-6-2-5-9-16(13)30-20(18)25-21/h3-4,7-8H,2,5-6,9-12H2,1H3,(H,23,26)(H2,22,24,25). The highest BCUT2D eigenvalue weighted by atomic mass is 32.2. The SMILES string of the molecule is COc1ccccc1OCCNC(=O)CSc1nc(N)c2c3c(sc2n1)CCCC3. The van der Waals surface area contributed by atoms with Crippen molar-refractivity contribution in [3.05, 3.63) is 34.7 Å². The molecule has 30 heavy (non-hydrogen) atoms. The van der Waals surface area contributed by atoms with Gasteiger partial charge in [0.15, 0.2) is 16.7 Å². The maximum atomic E-state index is 12.2. The number of aryl methyl sites for hydroxylation is 2. The first-order chi connectivity index (χ1) is 14.7. The first kappa shape index (κ1) is 20.7. The number of fused-ring (bicyclic) bond motifs is 3. The number of carbonyl (C=O) groups is 1. The van der Waals surface area contributed by atoms with E-state index in [1.165, 1.54) is 35.0 Å². The third-order valence-electron chi connectivity index (χ3n) is 4.91. The molecule has 1 aromatic carbocycles. The highest BCUT2D eigenvalue weighted by molar-refractivity contribution is 7.99. The molecule has 0 bridgehead atoms. The fourth-order valence-electron chi connectivity index (χ4n) is 3.50. The van der Waals surface area contributed by atoms with Crippen molar-refractivity contribution in [2.45, 2.75) is 30.8 Å². The van der Waals surface area contributed by atoms with Gasteiger partial charge in [0.25, 0.3) is 0 Å². The van der Waals surface area contributed by atoms with Gasteiger partial charge in [-0.05, 0) is 43.4 Å². The summed E-state index contributed by atoms with van der Waals surface area (Å²) in [5.74, 6) is 1.97. The predicted octanol–water partition coefficient (Wildman–Crippen LogP) is 3.45. The molecule has 2 heterocycles. The number of para-hydroxylation sites is 2. The van der Waals surface area contributed by atoms with E-state index in [-0.39, 0.29) is 11.7 Å². The molecule has 0 unspecified atom stereocenters. The normalized spacial score (nSPS) is 13.1. The van der Waals surface area contributed by atoms with Gasteiger partial charge in [-0.1, -0.05) is 23.9 Å². The smallest absolute Gasteiger partial charge is 0.230 e. The number of ether oxygens (including phenoxy) is 2. The van der Waals surface area contributed by atoms with Gasteiger partial charge in [0, 0.05) is 4.88 Å². The largest absolute Gasteiger partial charge is 0.493 e. The Morgan fingerprint density at radius 1 is 1.23 bits per heavy atom. The van der Waals surface area contributed by atoms with Crippen LogP contribution in [0, 0.1) is 0 Å². The Morgan fingerprint density at radius 2 is 2.03 bits per heavy atom.